The van der Waals surface area contributed by atoms with Gasteiger partial charge in [0.15, 0.2) is 0 Å². The molecule has 4 nitrogen and oxygen atoms in total. The Bertz CT molecular complexity index is 590. The number of aromatic nitrogens is 1. The van der Waals surface area contributed by atoms with Crippen LogP contribution in [0.2, 0.25) is 0 Å². The number of nitrogens with zero attached hydrogens (tertiary/aromatic N) is 1. The van der Waals surface area contributed by atoms with E-state index >= 15 is 0 Å². The molecule has 2 aromatic rings. The highest BCUT2D eigenvalue weighted by Gasteiger charge is 2.15. The van der Waals surface area contributed by atoms with Crippen LogP contribution in [-0.2, 0) is 0 Å². The second-order valence-electron chi connectivity index (χ2n) is 4.08. The number of hydrogen-bond donors (Lipinski definition) is 2. The summed E-state index contributed by atoms with van der Waals surface area (Å²) >= 11 is 1.44. The van der Waals surface area contributed by atoms with Crippen LogP contribution in [0.15, 0.2) is 23.6 Å². The van der Waals surface area contributed by atoms with Gasteiger partial charge in [0.1, 0.15) is 5.01 Å². The second-order valence-corrected chi connectivity index (χ2v) is 4.94. The Balaban J connectivity index is 2.60. The van der Waals surface area contributed by atoms with Gasteiger partial charge in [0.2, 0.25) is 0 Å². The maximum atomic E-state index is 11.0. The molecule has 0 saturated carbocycles. The van der Waals surface area contributed by atoms with E-state index in [-0.39, 0.29) is 5.56 Å². The van der Waals surface area contributed by atoms with Crippen LogP contribution in [0.3, 0.4) is 0 Å². The minimum atomic E-state index is -0.985. The van der Waals surface area contributed by atoms with Gasteiger partial charge in [-0.3, -0.25) is 0 Å². The molecule has 94 valence electrons. The monoisotopic (exact) mass is 263 g/mol. The number of aliphatic hydroxyl groups excluding tert-OH is 1. The van der Waals surface area contributed by atoms with Crippen LogP contribution in [-0.4, -0.2) is 21.2 Å². The molecule has 0 aliphatic rings. The van der Waals surface area contributed by atoms with E-state index in [0.717, 1.165) is 10.7 Å². The molecule has 1 unspecified atom stereocenters. The predicted octanol–water partition coefficient (Wildman–Crippen LogP) is 2.87. The molecule has 0 fully saturated rings. The molecular formula is C13H13NO3S. The van der Waals surface area contributed by atoms with E-state index in [1.54, 1.807) is 19.1 Å². The largest absolute Gasteiger partial charge is 0.478 e. The molecule has 0 bridgehead atoms. The molecule has 2 rings (SSSR count). The molecule has 0 spiro atoms. The number of aliphatic hydroxyl groups is 1. The van der Waals surface area contributed by atoms with Gasteiger partial charge < -0.3 is 10.2 Å². The molecule has 0 amide bonds. The summed E-state index contributed by atoms with van der Waals surface area (Å²) in [6.07, 6.45) is -0.660. The van der Waals surface area contributed by atoms with Crippen LogP contribution in [0.5, 0.6) is 0 Å². The van der Waals surface area contributed by atoms with E-state index in [4.69, 9.17) is 5.11 Å². The number of rotatable bonds is 3. The first kappa shape index (κ1) is 12.7. The predicted molar refractivity (Wildman–Crippen MR) is 69.9 cm³/mol. The van der Waals surface area contributed by atoms with E-state index in [1.807, 2.05) is 12.3 Å². The van der Waals surface area contributed by atoms with E-state index in [2.05, 4.69) is 4.98 Å². The van der Waals surface area contributed by atoms with E-state index in [1.165, 1.54) is 17.4 Å². The Labute approximate surface area is 109 Å². The summed E-state index contributed by atoms with van der Waals surface area (Å²) in [4.78, 5) is 15.3. The molecule has 2 N–H and O–H groups in total. The normalized spacial score (nSPS) is 12.4. The van der Waals surface area contributed by atoms with Gasteiger partial charge in [-0.15, -0.1) is 11.3 Å². The van der Waals surface area contributed by atoms with Crippen LogP contribution < -0.4 is 0 Å². The zero-order valence-corrected chi connectivity index (χ0v) is 10.9. The molecule has 18 heavy (non-hydrogen) atoms. The molecular weight excluding hydrogens is 250 g/mol. The summed E-state index contributed by atoms with van der Waals surface area (Å²) in [6.45, 7) is 3.53. The fourth-order valence-corrected chi connectivity index (χ4v) is 2.55. The van der Waals surface area contributed by atoms with Gasteiger partial charge in [0, 0.05) is 16.6 Å². The third kappa shape index (κ3) is 2.42. The Morgan fingerprint density at radius 2 is 2.17 bits per heavy atom. The van der Waals surface area contributed by atoms with Gasteiger partial charge >= 0.3 is 5.97 Å². The average Bonchev–Trinajstić information content (AvgIpc) is 2.74. The Hall–Kier alpha value is -1.72. The van der Waals surface area contributed by atoms with Crippen molar-refractivity contribution in [2.75, 3.05) is 0 Å². The summed E-state index contributed by atoms with van der Waals surface area (Å²) in [5.41, 5.74) is 2.45. The van der Waals surface area contributed by atoms with Crippen molar-refractivity contribution in [2.24, 2.45) is 0 Å². The van der Waals surface area contributed by atoms with E-state index in [9.17, 15) is 9.90 Å². The molecule has 0 aliphatic carbocycles. The van der Waals surface area contributed by atoms with Gasteiger partial charge in [-0.1, -0.05) is 6.07 Å². The van der Waals surface area contributed by atoms with Crippen LogP contribution in [0.4, 0.5) is 0 Å². The highest BCUT2D eigenvalue weighted by Crippen LogP contribution is 2.31. The number of aryl methyl sites for hydroxylation is 1. The van der Waals surface area contributed by atoms with Gasteiger partial charge in [0.05, 0.1) is 11.7 Å². The fraction of sp³-hybridized carbons (Fsp3) is 0.231. The van der Waals surface area contributed by atoms with Crippen molar-refractivity contribution in [3.8, 4) is 10.6 Å². The lowest BCUT2D eigenvalue weighted by molar-refractivity contribution is 0.0696. The van der Waals surface area contributed by atoms with Crippen molar-refractivity contribution in [3.05, 3.63) is 40.4 Å². The third-order valence-corrected chi connectivity index (χ3v) is 3.59. The summed E-state index contributed by atoms with van der Waals surface area (Å²) in [5.74, 6) is -0.985. The molecule has 0 aliphatic heterocycles. The van der Waals surface area contributed by atoms with Crippen molar-refractivity contribution in [3.63, 3.8) is 0 Å². The number of carbonyl (C=O) groups is 1. The van der Waals surface area contributed by atoms with Crippen LogP contribution in [0, 0.1) is 6.92 Å². The zero-order chi connectivity index (χ0) is 13.3. The van der Waals surface area contributed by atoms with Gasteiger partial charge in [0.25, 0.3) is 0 Å². The number of carboxylic acids is 1. The van der Waals surface area contributed by atoms with E-state index in [0.29, 0.717) is 11.1 Å². The smallest absolute Gasteiger partial charge is 0.335 e. The number of thiazole rings is 1. The first-order valence-electron chi connectivity index (χ1n) is 5.47. The first-order chi connectivity index (χ1) is 8.49. The van der Waals surface area contributed by atoms with Crippen molar-refractivity contribution in [2.45, 2.75) is 20.0 Å². The van der Waals surface area contributed by atoms with Crippen LogP contribution in [0.1, 0.15) is 34.6 Å². The quantitative estimate of drug-likeness (QED) is 0.893. The summed E-state index contributed by atoms with van der Waals surface area (Å²) in [6, 6.07) is 4.69. The highest BCUT2D eigenvalue weighted by atomic mass is 32.1. The lowest BCUT2D eigenvalue weighted by Gasteiger charge is -2.11. The third-order valence-electron chi connectivity index (χ3n) is 2.60. The highest BCUT2D eigenvalue weighted by molar-refractivity contribution is 7.13. The zero-order valence-electron chi connectivity index (χ0n) is 10.0. The second kappa shape index (κ2) is 4.88. The number of benzene rings is 1. The van der Waals surface area contributed by atoms with Crippen molar-refractivity contribution in [1.29, 1.82) is 0 Å². The number of aromatic carboxylic acids is 1. The minimum Gasteiger partial charge on any atom is -0.478 e. The standard InChI is InChI=1S/C13H13NO3S/c1-7-6-18-12(14-7)11-5-9(13(16)17)3-4-10(11)8(2)15/h3-6,8,15H,1-2H3,(H,16,17). The summed E-state index contributed by atoms with van der Waals surface area (Å²) in [5, 5.41) is 21.4. The van der Waals surface area contributed by atoms with Gasteiger partial charge in [-0.25, -0.2) is 9.78 Å². The van der Waals surface area contributed by atoms with Gasteiger partial charge in [-0.2, -0.15) is 0 Å². The van der Waals surface area contributed by atoms with Crippen molar-refractivity contribution >= 4 is 17.3 Å². The van der Waals surface area contributed by atoms with Crippen LogP contribution >= 0.6 is 11.3 Å². The summed E-state index contributed by atoms with van der Waals surface area (Å²) in [7, 11) is 0. The number of hydrogen-bond acceptors (Lipinski definition) is 4. The minimum absolute atomic E-state index is 0.197. The molecule has 1 aromatic carbocycles. The molecule has 5 heteroatoms. The van der Waals surface area contributed by atoms with Gasteiger partial charge in [-0.05, 0) is 31.5 Å². The molecule has 1 aromatic heterocycles. The van der Waals surface area contributed by atoms with Crippen molar-refractivity contribution < 1.29 is 15.0 Å². The fourth-order valence-electron chi connectivity index (χ4n) is 1.72. The Morgan fingerprint density at radius 1 is 1.44 bits per heavy atom. The molecule has 1 heterocycles. The molecule has 1 atom stereocenters. The molecule has 0 saturated heterocycles. The summed E-state index contributed by atoms with van der Waals surface area (Å²) < 4.78 is 0. The lowest BCUT2D eigenvalue weighted by atomic mass is 10.0. The number of carboxylic acid groups (broad SMARTS) is 1. The molecule has 0 radical (unpaired) electrons. The average molecular weight is 263 g/mol. The van der Waals surface area contributed by atoms with Crippen molar-refractivity contribution in [1.82, 2.24) is 4.98 Å². The maximum Gasteiger partial charge on any atom is 0.335 e. The van der Waals surface area contributed by atoms with E-state index < -0.39 is 12.1 Å². The van der Waals surface area contributed by atoms with Crippen LogP contribution in [0.25, 0.3) is 10.6 Å². The Kier molecular flexibility index (Phi) is 3.45. The SMILES string of the molecule is Cc1csc(-c2cc(C(=O)O)ccc2C(C)O)n1. The lowest BCUT2D eigenvalue weighted by Crippen LogP contribution is -2.01. The first-order valence-corrected chi connectivity index (χ1v) is 6.35. The maximum absolute atomic E-state index is 11.0. The Morgan fingerprint density at radius 3 is 2.67 bits per heavy atom. The topological polar surface area (TPSA) is 70.4 Å².